The molecule has 0 atom stereocenters. The second kappa shape index (κ2) is 5.44. The molecule has 1 amide bonds. The van der Waals surface area contributed by atoms with Gasteiger partial charge in [0.25, 0.3) is 5.91 Å². The van der Waals surface area contributed by atoms with Crippen molar-refractivity contribution < 1.29 is 9.18 Å². The third-order valence-corrected chi connectivity index (χ3v) is 2.70. The Morgan fingerprint density at radius 2 is 2.06 bits per heavy atom. The van der Waals surface area contributed by atoms with Crippen LogP contribution in [-0.4, -0.2) is 22.2 Å². The third kappa shape index (κ3) is 2.94. The summed E-state index contributed by atoms with van der Waals surface area (Å²) in [7, 11) is 1.86. The lowest BCUT2D eigenvalue weighted by Gasteiger charge is -2.05. The van der Waals surface area contributed by atoms with Crippen molar-refractivity contribution in [1.29, 1.82) is 0 Å². The van der Waals surface area contributed by atoms with Crippen LogP contribution < -0.4 is 5.32 Å². The molecule has 94 valence electrons. The van der Waals surface area contributed by atoms with Crippen LogP contribution in [0.15, 0.2) is 36.5 Å². The second-order valence-electron chi connectivity index (χ2n) is 3.96. The van der Waals surface area contributed by atoms with Gasteiger partial charge in [-0.05, 0) is 30.3 Å². The van der Waals surface area contributed by atoms with Gasteiger partial charge >= 0.3 is 0 Å². The fraction of sp³-hybridized carbons (Fsp3) is 0.231. The number of halogens is 1. The summed E-state index contributed by atoms with van der Waals surface area (Å²) in [5.74, 6) is -0.543. The number of rotatable bonds is 4. The molecule has 0 aliphatic carbocycles. The van der Waals surface area contributed by atoms with Gasteiger partial charge in [0.15, 0.2) is 0 Å². The Kier molecular flexibility index (Phi) is 3.72. The Morgan fingerprint density at radius 1 is 1.33 bits per heavy atom. The molecule has 1 aromatic carbocycles. The maximum absolute atomic E-state index is 12.7. The first-order chi connectivity index (χ1) is 8.66. The zero-order valence-corrected chi connectivity index (χ0v) is 10.1. The number of aryl methyl sites for hydroxylation is 1. The van der Waals surface area contributed by atoms with Crippen molar-refractivity contribution in [2.45, 2.75) is 6.42 Å². The summed E-state index contributed by atoms with van der Waals surface area (Å²) >= 11 is 0. The SMILES string of the molecule is Cn1nccc1CCNC(=O)c1ccc(F)cc1. The summed E-state index contributed by atoms with van der Waals surface area (Å²) in [6.45, 7) is 0.524. The van der Waals surface area contributed by atoms with E-state index in [0.717, 1.165) is 5.69 Å². The maximum atomic E-state index is 12.7. The summed E-state index contributed by atoms with van der Waals surface area (Å²) in [5, 5.41) is 6.83. The van der Waals surface area contributed by atoms with Crippen LogP contribution in [0.2, 0.25) is 0 Å². The summed E-state index contributed by atoms with van der Waals surface area (Å²) < 4.78 is 14.5. The molecule has 0 spiro atoms. The van der Waals surface area contributed by atoms with Crippen LogP contribution in [0.25, 0.3) is 0 Å². The van der Waals surface area contributed by atoms with Gasteiger partial charge in [0.05, 0.1) is 0 Å². The maximum Gasteiger partial charge on any atom is 0.251 e. The number of amides is 1. The minimum absolute atomic E-state index is 0.197. The van der Waals surface area contributed by atoms with Crippen LogP contribution in [0.4, 0.5) is 4.39 Å². The third-order valence-electron chi connectivity index (χ3n) is 2.70. The van der Waals surface area contributed by atoms with Crippen LogP contribution in [0.5, 0.6) is 0 Å². The quantitative estimate of drug-likeness (QED) is 0.890. The van der Waals surface area contributed by atoms with Crippen molar-refractivity contribution in [1.82, 2.24) is 15.1 Å². The second-order valence-corrected chi connectivity index (χ2v) is 3.96. The lowest BCUT2D eigenvalue weighted by atomic mass is 10.2. The van der Waals surface area contributed by atoms with Gasteiger partial charge in [-0.1, -0.05) is 0 Å². The highest BCUT2D eigenvalue weighted by Gasteiger charge is 2.05. The van der Waals surface area contributed by atoms with E-state index in [-0.39, 0.29) is 11.7 Å². The molecule has 0 saturated carbocycles. The standard InChI is InChI=1S/C13H14FN3O/c1-17-12(7-9-16-17)6-8-15-13(18)10-2-4-11(14)5-3-10/h2-5,7,9H,6,8H2,1H3,(H,15,18). The average molecular weight is 247 g/mol. The first-order valence-corrected chi connectivity index (χ1v) is 5.67. The van der Waals surface area contributed by atoms with Gasteiger partial charge in [-0.2, -0.15) is 5.10 Å². The lowest BCUT2D eigenvalue weighted by molar-refractivity contribution is 0.0954. The number of nitrogens with one attached hydrogen (secondary N) is 1. The zero-order chi connectivity index (χ0) is 13.0. The van der Waals surface area contributed by atoms with Gasteiger partial charge in [-0.25, -0.2) is 4.39 Å². The van der Waals surface area contributed by atoms with Crippen LogP contribution in [0, 0.1) is 5.82 Å². The molecule has 0 aliphatic rings. The molecule has 0 fully saturated rings. The van der Waals surface area contributed by atoms with E-state index in [1.807, 2.05) is 13.1 Å². The van der Waals surface area contributed by atoms with Crippen LogP contribution in [0.1, 0.15) is 16.1 Å². The molecule has 0 radical (unpaired) electrons. The number of hydrogen-bond acceptors (Lipinski definition) is 2. The largest absolute Gasteiger partial charge is 0.352 e. The van der Waals surface area contributed by atoms with E-state index in [1.165, 1.54) is 24.3 Å². The minimum atomic E-state index is -0.346. The number of carbonyl (C=O) groups excluding carboxylic acids is 1. The lowest BCUT2D eigenvalue weighted by Crippen LogP contribution is -2.26. The molecule has 0 unspecified atom stereocenters. The van der Waals surface area contributed by atoms with Crippen molar-refractivity contribution in [3.63, 3.8) is 0 Å². The average Bonchev–Trinajstić information content (AvgIpc) is 2.76. The van der Waals surface area contributed by atoms with Crippen molar-refractivity contribution in [3.8, 4) is 0 Å². The van der Waals surface area contributed by atoms with Gasteiger partial charge in [0.1, 0.15) is 5.82 Å². The first kappa shape index (κ1) is 12.3. The Labute approximate surface area is 104 Å². The molecule has 2 rings (SSSR count). The predicted octanol–water partition coefficient (Wildman–Crippen LogP) is 1.53. The Balaban J connectivity index is 1.85. The molecule has 1 heterocycles. The monoisotopic (exact) mass is 247 g/mol. The Morgan fingerprint density at radius 3 is 2.67 bits per heavy atom. The summed E-state index contributed by atoms with van der Waals surface area (Å²) in [6.07, 6.45) is 2.43. The molecular formula is C13H14FN3O. The molecule has 0 aliphatic heterocycles. The summed E-state index contributed by atoms with van der Waals surface area (Å²) in [5.41, 5.74) is 1.51. The Bertz CT molecular complexity index is 533. The molecular weight excluding hydrogens is 233 g/mol. The van der Waals surface area contributed by atoms with Gasteiger partial charge < -0.3 is 5.32 Å². The molecule has 1 N–H and O–H groups in total. The molecule has 18 heavy (non-hydrogen) atoms. The number of hydrogen-bond donors (Lipinski definition) is 1. The van der Waals surface area contributed by atoms with Gasteiger partial charge in [0.2, 0.25) is 0 Å². The van der Waals surface area contributed by atoms with E-state index in [4.69, 9.17) is 0 Å². The fourth-order valence-electron chi connectivity index (χ4n) is 1.65. The van der Waals surface area contributed by atoms with Crippen LogP contribution in [0.3, 0.4) is 0 Å². The van der Waals surface area contributed by atoms with Gasteiger partial charge in [-0.15, -0.1) is 0 Å². The molecule has 2 aromatic rings. The fourth-order valence-corrected chi connectivity index (χ4v) is 1.65. The smallest absolute Gasteiger partial charge is 0.251 e. The van der Waals surface area contributed by atoms with E-state index >= 15 is 0 Å². The normalized spacial score (nSPS) is 10.3. The number of nitrogens with zero attached hydrogens (tertiary/aromatic N) is 2. The summed E-state index contributed by atoms with van der Waals surface area (Å²) in [6, 6.07) is 7.39. The van der Waals surface area contributed by atoms with E-state index in [0.29, 0.717) is 18.5 Å². The highest BCUT2D eigenvalue weighted by molar-refractivity contribution is 5.94. The number of carbonyl (C=O) groups is 1. The van der Waals surface area contributed by atoms with Gasteiger partial charge in [0, 0.05) is 37.5 Å². The van der Waals surface area contributed by atoms with E-state index < -0.39 is 0 Å². The zero-order valence-electron chi connectivity index (χ0n) is 10.1. The van der Waals surface area contributed by atoms with Crippen LogP contribution >= 0.6 is 0 Å². The van der Waals surface area contributed by atoms with Crippen molar-refractivity contribution in [2.24, 2.45) is 7.05 Å². The van der Waals surface area contributed by atoms with Crippen molar-refractivity contribution in [3.05, 3.63) is 53.6 Å². The van der Waals surface area contributed by atoms with E-state index in [1.54, 1.807) is 10.9 Å². The highest BCUT2D eigenvalue weighted by atomic mass is 19.1. The van der Waals surface area contributed by atoms with E-state index in [9.17, 15) is 9.18 Å². The molecule has 0 saturated heterocycles. The molecule has 0 bridgehead atoms. The van der Waals surface area contributed by atoms with Crippen molar-refractivity contribution in [2.75, 3.05) is 6.54 Å². The van der Waals surface area contributed by atoms with Crippen LogP contribution in [-0.2, 0) is 13.5 Å². The predicted molar refractivity (Wildman–Crippen MR) is 65.6 cm³/mol. The van der Waals surface area contributed by atoms with Crippen molar-refractivity contribution >= 4 is 5.91 Å². The molecule has 1 aromatic heterocycles. The first-order valence-electron chi connectivity index (χ1n) is 5.67. The minimum Gasteiger partial charge on any atom is -0.352 e. The number of benzene rings is 1. The Hall–Kier alpha value is -2.17. The molecule has 4 nitrogen and oxygen atoms in total. The summed E-state index contributed by atoms with van der Waals surface area (Å²) in [4.78, 5) is 11.7. The molecule has 5 heteroatoms. The highest BCUT2D eigenvalue weighted by Crippen LogP contribution is 2.02. The van der Waals surface area contributed by atoms with Gasteiger partial charge in [-0.3, -0.25) is 9.48 Å². The van der Waals surface area contributed by atoms with E-state index in [2.05, 4.69) is 10.4 Å². The number of aromatic nitrogens is 2. The topological polar surface area (TPSA) is 46.9 Å².